The van der Waals surface area contributed by atoms with Crippen molar-refractivity contribution in [2.45, 2.75) is 57.4 Å². The maximum Gasteiger partial charge on any atom is 0.0733 e. The first-order valence-corrected chi connectivity index (χ1v) is 7.62. The summed E-state index contributed by atoms with van der Waals surface area (Å²) in [5, 5.41) is 0. The number of likely N-dealkylation sites (tertiary alicyclic amines) is 1. The molecule has 0 radical (unpaired) electrons. The van der Waals surface area contributed by atoms with Crippen LogP contribution in [0.25, 0.3) is 0 Å². The number of nitrogens with zero attached hydrogens (tertiary/aromatic N) is 1. The molecule has 0 aromatic rings. The van der Waals surface area contributed by atoms with Gasteiger partial charge in [-0.3, -0.25) is 4.90 Å². The zero-order valence-electron chi connectivity index (χ0n) is 10.7. The van der Waals surface area contributed by atoms with Gasteiger partial charge < -0.3 is 5.73 Å². The van der Waals surface area contributed by atoms with E-state index in [1.807, 2.05) is 0 Å². The zero-order chi connectivity index (χ0) is 11.9. The molecule has 2 unspecified atom stereocenters. The van der Waals surface area contributed by atoms with Crippen LogP contribution in [0.2, 0.25) is 0 Å². The van der Waals surface area contributed by atoms with Gasteiger partial charge in [0, 0.05) is 19.0 Å². The molecule has 2 nitrogen and oxygen atoms in total. The molecule has 3 rings (SSSR count). The summed E-state index contributed by atoms with van der Waals surface area (Å²) in [4.78, 5) is 3.50. The Morgan fingerprint density at radius 2 is 2.00 bits per heavy atom. The van der Waals surface area contributed by atoms with Gasteiger partial charge in [0.25, 0.3) is 0 Å². The molecule has 0 bridgehead atoms. The second-order valence-corrected chi connectivity index (χ2v) is 7.04. The summed E-state index contributed by atoms with van der Waals surface area (Å²) in [5.74, 6) is 1.00. The minimum atomic E-state index is 0.484. The Labute approximate surface area is 110 Å². The first-order chi connectivity index (χ1) is 8.19. The van der Waals surface area contributed by atoms with Crippen molar-refractivity contribution < 1.29 is 0 Å². The monoisotopic (exact) mass is 252 g/mol. The number of nitrogens with two attached hydrogens (primary N) is 1. The van der Waals surface area contributed by atoms with Crippen LogP contribution in [0.3, 0.4) is 0 Å². The van der Waals surface area contributed by atoms with Crippen molar-refractivity contribution >= 4 is 17.2 Å². The quantitative estimate of drug-likeness (QED) is 0.780. The van der Waals surface area contributed by atoms with E-state index in [4.69, 9.17) is 18.0 Å². The van der Waals surface area contributed by atoms with Crippen LogP contribution in [0.4, 0.5) is 0 Å². The lowest BCUT2D eigenvalue weighted by atomic mass is 9.85. The van der Waals surface area contributed by atoms with E-state index in [9.17, 15) is 0 Å². The van der Waals surface area contributed by atoms with E-state index in [0.29, 0.717) is 5.41 Å². The Kier molecular flexibility index (Phi) is 3.16. The van der Waals surface area contributed by atoms with Crippen molar-refractivity contribution in [2.75, 3.05) is 13.1 Å². The van der Waals surface area contributed by atoms with Crippen molar-refractivity contribution in [3.05, 3.63) is 0 Å². The molecule has 0 amide bonds. The summed E-state index contributed by atoms with van der Waals surface area (Å²) in [6.07, 6.45) is 10.9. The van der Waals surface area contributed by atoms with Gasteiger partial charge in [-0.2, -0.15) is 0 Å². The largest absolute Gasteiger partial charge is 0.393 e. The Balaban J connectivity index is 1.60. The van der Waals surface area contributed by atoms with Gasteiger partial charge in [0.1, 0.15) is 0 Å². The molecular weight excluding hydrogens is 228 g/mol. The maximum absolute atomic E-state index is 5.74. The van der Waals surface area contributed by atoms with E-state index in [2.05, 4.69) is 4.90 Å². The van der Waals surface area contributed by atoms with E-state index < -0.39 is 0 Å². The molecule has 0 aromatic carbocycles. The van der Waals surface area contributed by atoms with Gasteiger partial charge in [-0.25, -0.2) is 0 Å². The molecule has 96 valence electrons. The maximum atomic E-state index is 5.74. The highest BCUT2D eigenvalue weighted by molar-refractivity contribution is 7.80. The average Bonchev–Trinajstić information content (AvgIpc) is 2.91. The van der Waals surface area contributed by atoms with Gasteiger partial charge in [0.15, 0.2) is 0 Å². The molecule has 17 heavy (non-hydrogen) atoms. The predicted octanol–water partition coefficient (Wildman–Crippen LogP) is 2.71. The van der Waals surface area contributed by atoms with Crippen LogP contribution in [0, 0.1) is 11.3 Å². The summed E-state index contributed by atoms with van der Waals surface area (Å²) in [5.41, 5.74) is 6.22. The second-order valence-electron chi connectivity index (χ2n) is 6.51. The molecule has 1 aliphatic heterocycles. The summed E-state index contributed by atoms with van der Waals surface area (Å²) in [6.45, 7) is 2.60. The van der Waals surface area contributed by atoms with E-state index in [1.165, 1.54) is 58.0 Å². The van der Waals surface area contributed by atoms with Crippen molar-refractivity contribution in [1.82, 2.24) is 4.90 Å². The summed E-state index contributed by atoms with van der Waals surface area (Å²) in [6, 6.07) is 0.896. The fourth-order valence-electron chi connectivity index (χ4n) is 4.07. The molecule has 2 saturated carbocycles. The SMILES string of the molecule is NC(=S)CC1(CN2CCC3CCCCC32)CC1. The number of hydrogen-bond donors (Lipinski definition) is 1. The van der Waals surface area contributed by atoms with E-state index in [0.717, 1.165) is 23.4 Å². The fraction of sp³-hybridized carbons (Fsp3) is 0.929. The molecule has 2 N–H and O–H groups in total. The van der Waals surface area contributed by atoms with Crippen molar-refractivity contribution in [3.8, 4) is 0 Å². The molecule has 2 aliphatic carbocycles. The Morgan fingerprint density at radius 1 is 1.24 bits per heavy atom. The number of fused-ring (bicyclic) bond motifs is 1. The molecule has 1 heterocycles. The van der Waals surface area contributed by atoms with Gasteiger partial charge in [0.05, 0.1) is 4.99 Å². The molecule has 0 spiro atoms. The summed E-state index contributed by atoms with van der Waals surface area (Å²) in [7, 11) is 0. The lowest BCUT2D eigenvalue weighted by Crippen LogP contribution is -2.39. The van der Waals surface area contributed by atoms with Gasteiger partial charge in [-0.1, -0.05) is 25.1 Å². The number of thiocarbonyl (C=S) groups is 1. The molecule has 2 atom stereocenters. The average molecular weight is 252 g/mol. The predicted molar refractivity (Wildman–Crippen MR) is 75.0 cm³/mol. The van der Waals surface area contributed by atoms with Crippen LogP contribution in [0.1, 0.15) is 51.4 Å². The lowest BCUT2D eigenvalue weighted by molar-refractivity contribution is 0.154. The number of rotatable bonds is 4. The van der Waals surface area contributed by atoms with Crippen LogP contribution in [0.15, 0.2) is 0 Å². The van der Waals surface area contributed by atoms with Crippen LogP contribution < -0.4 is 5.73 Å². The Morgan fingerprint density at radius 3 is 2.71 bits per heavy atom. The zero-order valence-corrected chi connectivity index (χ0v) is 11.5. The lowest BCUT2D eigenvalue weighted by Gasteiger charge is -2.34. The Hall–Kier alpha value is -0.150. The molecular formula is C14H24N2S. The third-order valence-corrected chi connectivity index (χ3v) is 5.31. The van der Waals surface area contributed by atoms with Crippen molar-refractivity contribution in [1.29, 1.82) is 0 Å². The smallest absolute Gasteiger partial charge is 0.0733 e. The minimum Gasteiger partial charge on any atom is -0.393 e. The molecule has 1 saturated heterocycles. The van der Waals surface area contributed by atoms with Crippen molar-refractivity contribution in [2.24, 2.45) is 17.1 Å². The first-order valence-electron chi connectivity index (χ1n) is 7.21. The first kappa shape index (κ1) is 11.9. The van der Waals surface area contributed by atoms with E-state index in [1.54, 1.807) is 0 Å². The Bertz CT molecular complexity index is 311. The highest BCUT2D eigenvalue weighted by atomic mass is 32.1. The van der Waals surface area contributed by atoms with Crippen LogP contribution >= 0.6 is 12.2 Å². The molecule has 3 aliphatic rings. The van der Waals surface area contributed by atoms with Gasteiger partial charge in [-0.05, 0) is 50.0 Å². The topological polar surface area (TPSA) is 29.3 Å². The molecule has 0 aromatic heterocycles. The molecule has 3 heteroatoms. The second kappa shape index (κ2) is 4.51. The van der Waals surface area contributed by atoms with E-state index in [-0.39, 0.29) is 0 Å². The van der Waals surface area contributed by atoms with Crippen LogP contribution in [0.5, 0.6) is 0 Å². The fourth-order valence-corrected chi connectivity index (χ4v) is 4.37. The van der Waals surface area contributed by atoms with Gasteiger partial charge in [0.2, 0.25) is 0 Å². The highest BCUT2D eigenvalue weighted by Gasteiger charge is 2.47. The number of hydrogen-bond acceptors (Lipinski definition) is 2. The third-order valence-electron chi connectivity index (χ3n) is 5.17. The normalized spacial score (nSPS) is 35.5. The minimum absolute atomic E-state index is 0.484. The van der Waals surface area contributed by atoms with E-state index >= 15 is 0 Å². The van der Waals surface area contributed by atoms with Gasteiger partial charge in [-0.15, -0.1) is 0 Å². The van der Waals surface area contributed by atoms with Crippen LogP contribution in [-0.4, -0.2) is 29.0 Å². The van der Waals surface area contributed by atoms with Crippen LogP contribution in [-0.2, 0) is 0 Å². The third kappa shape index (κ3) is 2.50. The summed E-state index contributed by atoms with van der Waals surface area (Å²) < 4.78 is 0. The molecule has 3 fully saturated rings. The van der Waals surface area contributed by atoms with Crippen molar-refractivity contribution in [3.63, 3.8) is 0 Å². The standard InChI is InChI=1S/C14H24N2S/c15-13(17)9-14(6-7-14)10-16-8-5-11-3-1-2-4-12(11)16/h11-12H,1-10H2,(H2,15,17). The highest BCUT2D eigenvalue weighted by Crippen LogP contribution is 2.51. The van der Waals surface area contributed by atoms with Gasteiger partial charge >= 0.3 is 0 Å². The summed E-state index contributed by atoms with van der Waals surface area (Å²) >= 11 is 5.10.